The number of nitro groups is 1. The third-order valence-electron chi connectivity index (χ3n) is 4.80. The Hall–Kier alpha value is -4.53. The van der Waals surface area contributed by atoms with Gasteiger partial charge in [-0.15, -0.1) is 0 Å². The van der Waals surface area contributed by atoms with E-state index in [-0.39, 0.29) is 53.3 Å². The Morgan fingerprint density at radius 3 is 2.66 bits per heavy atom. The predicted octanol–water partition coefficient (Wildman–Crippen LogP) is 2.17. The molecular weight excluding hydrogens is 424 g/mol. The lowest BCUT2D eigenvalue weighted by atomic mass is 10.1. The number of nitriles is 1. The first-order valence-electron chi connectivity index (χ1n) is 9.26. The molecule has 0 unspecified atom stereocenters. The van der Waals surface area contributed by atoms with Gasteiger partial charge in [-0.25, -0.2) is 4.79 Å². The number of fused-ring (bicyclic) bond motifs is 1. The van der Waals surface area contributed by atoms with Gasteiger partial charge in [0.15, 0.2) is 0 Å². The van der Waals surface area contributed by atoms with Crippen molar-refractivity contribution in [1.29, 1.82) is 5.26 Å². The summed E-state index contributed by atoms with van der Waals surface area (Å²) in [5.74, 6) is -2.97. The Kier molecular flexibility index (Phi) is 6.01. The van der Waals surface area contributed by atoms with Gasteiger partial charge in [0, 0.05) is 19.0 Å². The number of anilines is 1. The molecule has 164 valence electrons. The van der Waals surface area contributed by atoms with Crippen molar-refractivity contribution in [2.45, 2.75) is 19.8 Å². The van der Waals surface area contributed by atoms with E-state index in [4.69, 9.17) is 4.42 Å². The number of amides is 3. The van der Waals surface area contributed by atoms with Gasteiger partial charge in [-0.3, -0.25) is 34.7 Å². The molecule has 0 atom stereocenters. The number of rotatable bonds is 7. The summed E-state index contributed by atoms with van der Waals surface area (Å²) in [6, 6.07) is 5.57. The number of aryl methyl sites for hydroxylation is 1. The number of carbonyl (C=O) groups excluding carboxylic acids is 4. The quantitative estimate of drug-likeness (QED) is 0.293. The fourth-order valence-corrected chi connectivity index (χ4v) is 3.35. The zero-order chi connectivity index (χ0) is 23.6. The molecule has 1 aliphatic rings. The standard InChI is InChI=1S/C20H16N4O8/c1-10-15(20(28)31-2)12(9-21)17(32-10)22-14(25)7-4-8-23-18(26)11-5-3-6-13(24(29)30)16(11)19(23)27/h3,5-6H,4,7-8H2,1-2H3,(H,22,25). The molecule has 1 aliphatic heterocycles. The van der Waals surface area contributed by atoms with Crippen molar-refractivity contribution in [3.63, 3.8) is 0 Å². The molecule has 0 aliphatic carbocycles. The highest BCUT2D eigenvalue weighted by atomic mass is 16.6. The Morgan fingerprint density at radius 1 is 1.31 bits per heavy atom. The van der Waals surface area contributed by atoms with E-state index in [0.29, 0.717) is 0 Å². The topological polar surface area (TPSA) is 173 Å². The van der Waals surface area contributed by atoms with Crippen LogP contribution in [0.5, 0.6) is 0 Å². The minimum atomic E-state index is -0.797. The first-order chi connectivity index (χ1) is 15.2. The molecule has 12 nitrogen and oxygen atoms in total. The molecule has 0 spiro atoms. The van der Waals surface area contributed by atoms with Crippen molar-refractivity contribution < 1.29 is 33.3 Å². The van der Waals surface area contributed by atoms with Crippen LogP contribution in [-0.2, 0) is 9.53 Å². The second-order valence-electron chi connectivity index (χ2n) is 6.71. The molecule has 1 aromatic heterocycles. The summed E-state index contributed by atoms with van der Waals surface area (Å²) in [5, 5.41) is 22.8. The minimum absolute atomic E-state index is 0.0521. The van der Waals surface area contributed by atoms with E-state index < -0.39 is 34.3 Å². The van der Waals surface area contributed by atoms with E-state index in [1.807, 2.05) is 0 Å². The van der Waals surface area contributed by atoms with Gasteiger partial charge in [-0.2, -0.15) is 5.26 Å². The maximum Gasteiger partial charge on any atom is 0.342 e. The number of benzene rings is 1. The Morgan fingerprint density at radius 2 is 2.03 bits per heavy atom. The maximum absolute atomic E-state index is 12.5. The van der Waals surface area contributed by atoms with E-state index in [2.05, 4.69) is 10.1 Å². The number of ether oxygens (including phenoxy) is 1. The van der Waals surface area contributed by atoms with Gasteiger partial charge >= 0.3 is 5.97 Å². The van der Waals surface area contributed by atoms with Crippen LogP contribution in [0.25, 0.3) is 0 Å². The van der Waals surface area contributed by atoms with Crippen LogP contribution in [0.2, 0.25) is 0 Å². The van der Waals surface area contributed by atoms with E-state index in [9.17, 15) is 34.6 Å². The van der Waals surface area contributed by atoms with Gasteiger partial charge in [0.05, 0.1) is 17.6 Å². The molecule has 1 N–H and O–H groups in total. The van der Waals surface area contributed by atoms with Crippen molar-refractivity contribution >= 4 is 35.3 Å². The maximum atomic E-state index is 12.5. The molecule has 32 heavy (non-hydrogen) atoms. The molecule has 3 rings (SSSR count). The summed E-state index contributed by atoms with van der Waals surface area (Å²) >= 11 is 0. The molecule has 3 amide bonds. The third kappa shape index (κ3) is 3.79. The highest BCUT2D eigenvalue weighted by molar-refractivity contribution is 6.23. The second kappa shape index (κ2) is 8.68. The number of methoxy groups -OCH3 is 1. The first kappa shape index (κ1) is 22.2. The first-order valence-corrected chi connectivity index (χ1v) is 9.26. The fraction of sp³-hybridized carbons (Fsp3) is 0.250. The van der Waals surface area contributed by atoms with Gasteiger partial charge in [-0.1, -0.05) is 6.07 Å². The molecule has 1 aromatic carbocycles. The van der Waals surface area contributed by atoms with Crippen molar-refractivity contribution in [1.82, 2.24) is 4.90 Å². The predicted molar refractivity (Wildman–Crippen MR) is 106 cm³/mol. The van der Waals surface area contributed by atoms with Crippen LogP contribution in [0, 0.1) is 28.4 Å². The molecule has 2 aromatic rings. The fourth-order valence-electron chi connectivity index (χ4n) is 3.35. The van der Waals surface area contributed by atoms with Crippen LogP contribution < -0.4 is 5.32 Å². The summed E-state index contributed by atoms with van der Waals surface area (Å²) < 4.78 is 9.88. The second-order valence-corrected chi connectivity index (χ2v) is 6.71. The number of nitro benzene ring substituents is 1. The molecular formula is C20H16N4O8. The summed E-state index contributed by atoms with van der Waals surface area (Å²) in [6.07, 6.45) is -0.107. The number of furan rings is 1. The number of hydrogen-bond donors (Lipinski definition) is 1. The van der Waals surface area contributed by atoms with Crippen molar-refractivity contribution in [2.24, 2.45) is 0 Å². The SMILES string of the molecule is COC(=O)c1c(C)oc(NC(=O)CCCN2C(=O)c3cccc([N+](=O)[O-])c3C2=O)c1C#N. The highest BCUT2D eigenvalue weighted by Crippen LogP contribution is 2.31. The molecule has 0 radical (unpaired) electrons. The van der Waals surface area contributed by atoms with E-state index >= 15 is 0 Å². The largest absolute Gasteiger partial charge is 0.465 e. The molecule has 2 heterocycles. The number of hydrogen-bond acceptors (Lipinski definition) is 9. The van der Waals surface area contributed by atoms with Crippen LogP contribution in [0.15, 0.2) is 22.6 Å². The van der Waals surface area contributed by atoms with E-state index in [0.717, 1.165) is 18.1 Å². The Labute approximate surface area is 180 Å². The van der Waals surface area contributed by atoms with Gasteiger partial charge in [-0.05, 0) is 19.4 Å². The molecule has 12 heteroatoms. The van der Waals surface area contributed by atoms with Crippen LogP contribution in [0.1, 0.15) is 55.2 Å². The molecule has 0 saturated carbocycles. The van der Waals surface area contributed by atoms with Crippen LogP contribution in [0.3, 0.4) is 0 Å². The van der Waals surface area contributed by atoms with E-state index in [1.165, 1.54) is 19.1 Å². The lowest BCUT2D eigenvalue weighted by Gasteiger charge is -2.13. The summed E-state index contributed by atoms with van der Waals surface area (Å²) in [6.45, 7) is 1.29. The van der Waals surface area contributed by atoms with Crippen LogP contribution in [-0.4, -0.2) is 47.2 Å². The average molecular weight is 440 g/mol. The van der Waals surface area contributed by atoms with Crippen LogP contribution >= 0.6 is 0 Å². The highest BCUT2D eigenvalue weighted by Gasteiger charge is 2.40. The molecule has 0 fully saturated rings. The van der Waals surface area contributed by atoms with Gasteiger partial charge in [0.2, 0.25) is 11.8 Å². The van der Waals surface area contributed by atoms with Crippen molar-refractivity contribution in [2.75, 3.05) is 19.0 Å². The number of nitrogens with zero attached hydrogens (tertiary/aromatic N) is 3. The van der Waals surface area contributed by atoms with E-state index in [1.54, 1.807) is 6.07 Å². The summed E-state index contributed by atoms with van der Waals surface area (Å²) in [4.78, 5) is 60.3. The molecule has 0 bridgehead atoms. The lowest BCUT2D eigenvalue weighted by Crippen LogP contribution is -2.31. The zero-order valence-electron chi connectivity index (χ0n) is 17.0. The zero-order valence-corrected chi connectivity index (χ0v) is 17.0. The molecule has 0 saturated heterocycles. The third-order valence-corrected chi connectivity index (χ3v) is 4.80. The monoisotopic (exact) mass is 440 g/mol. The van der Waals surface area contributed by atoms with Gasteiger partial charge in [0.25, 0.3) is 17.5 Å². The Balaban J connectivity index is 1.65. The Bertz CT molecular complexity index is 1210. The van der Waals surface area contributed by atoms with Crippen molar-refractivity contribution in [3.05, 3.63) is 56.3 Å². The van der Waals surface area contributed by atoms with Gasteiger partial charge < -0.3 is 9.15 Å². The van der Waals surface area contributed by atoms with Crippen molar-refractivity contribution in [3.8, 4) is 6.07 Å². The smallest absolute Gasteiger partial charge is 0.342 e. The van der Waals surface area contributed by atoms with Crippen LogP contribution in [0.4, 0.5) is 11.6 Å². The summed E-state index contributed by atoms with van der Waals surface area (Å²) in [5.41, 5.74) is -1.08. The number of imide groups is 1. The normalized spacial score (nSPS) is 12.3. The minimum Gasteiger partial charge on any atom is -0.465 e. The number of esters is 1. The number of carbonyl (C=O) groups is 4. The van der Waals surface area contributed by atoms with Gasteiger partial charge in [0.1, 0.15) is 28.5 Å². The summed E-state index contributed by atoms with van der Waals surface area (Å²) in [7, 11) is 1.14. The lowest BCUT2D eigenvalue weighted by molar-refractivity contribution is -0.385. The number of nitrogens with one attached hydrogen (secondary N) is 1. The average Bonchev–Trinajstić information content (AvgIpc) is 3.20.